The van der Waals surface area contributed by atoms with Crippen LogP contribution in [0.15, 0.2) is 18.2 Å². The quantitative estimate of drug-likeness (QED) is 0.830. The van der Waals surface area contributed by atoms with Gasteiger partial charge in [-0.25, -0.2) is 4.79 Å². The van der Waals surface area contributed by atoms with Gasteiger partial charge in [-0.15, -0.1) is 0 Å². The molecule has 0 unspecified atom stereocenters. The normalized spacial score (nSPS) is 20.6. The van der Waals surface area contributed by atoms with Gasteiger partial charge in [-0.05, 0) is 37.6 Å². The summed E-state index contributed by atoms with van der Waals surface area (Å²) < 4.78 is 0. The summed E-state index contributed by atoms with van der Waals surface area (Å²) in [5.74, 6) is -0.505. The number of carbonyl (C=O) groups excluding carboxylic acids is 3. The summed E-state index contributed by atoms with van der Waals surface area (Å²) in [5.41, 5.74) is 0.514. The van der Waals surface area contributed by atoms with Crippen molar-refractivity contribution in [1.82, 2.24) is 15.1 Å². The molecule has 0 bridgehead atoms. The van der Waals surface area contributed by atoms with Crippen LogP contribution in [0.3, 0.4) is 0 Å². The topological polar surface area (TPSA) is 81.8 Å². The predicted octanol–water partition coefficient (Wildman–Crippen LogP) is 1.95. The van der Waals surface area contributed by atoms with E-state index in [2.05, 4.69) is 10.6 Å². The Labute approximate surface area is 155 Å². The molecule has 0 saturated carbocycles. The van der Waals surface area contributed by atoms with Crippen molar-refractivity contribution in [3.8, 4) is 0 Å². The Kier molecular flexibility index (Phi) is 5.46. The number of likely N-dealkylation sites (tertiary alicyclic amines) is 1. The Morgan fingerprint density at radius 3 is 2.56 bits per heavy atom. The minimum atomic E-state index is -0.424. The van der Waals surface area contributed by atoms with Crippen LogP contribution in [0.4, 0.5) is 10.5 Å². The molecule has 25 heavy (non-hydrogen) atoms. The highest BCUT2D eigenvalue weighted by atomic mass is 35.5. The van der Waals surface area contributed by atoms with Crippen molar-refractivity contribution in [2.24, 2.45) is 0 Å². The molecule has 1 aromatic carbocycles. The number of benzene rings is 1. The molecule has 0 aliphatic carbocycles. The number of urea groups is 1. The predicted molar refractivity (Wildman–Crippen MR) is 94.8 cm³/mol. The third kappa shape index (κ3) is 4.23. The zero-order valence-electron chi connectivity index (χ0n) is 13.4. The molecular weight excluding hydrogens is 367 g/mol. The Hall–Kier alpha value is -1.83. The van der Waals surface area contributed by atoms with E-state index in [1.54, 1.807) is 23.1 Å². The van der Waals surface area contributed by atoms with Crippen molar-refractivity contribution in [2.75, 3.05) is 31.5 Å². The first-order valence-electron chi connectivity index (χ1n) is 8.03. The summed E-state index contributed by atoms with van der Waals surface area (Å²) in [6, 6.07) is 4.01. The molecule has 0 spiro atoms. The van der Waals surface area contributed by atoms with Gasteiger partial charge in [0, 0.05) is 28.8 Å². The van der Waals surface area contributed by atoms with Crippen molar-refractivity contribution in [2.45, 2.75) is 18.9 Å². The lowest BCUT2D eigenvalue weighted by atomic mass is 10.2. The third-order valence-corrected chi connectivity index (χ3v) is 4.73. The largest absolute Gasteiger partial charge is 0.336 e. The molecule has 2 aliphatic heterocycles. The van der Waals surface area contributed by atoms with Gasteiger partial charge >= 0.3 is 6.03 Å². The molecule has 2 heterocycles. The van der Waals surface area contributed by atoms with Crippen LogP contribution in [-0.2, 0) is 9.59 Å². The zero-order valence-corrected chi connectivity index (χ0v) is 14.9. The maximum absolute atomic E-state index is 12.6. The van der Waals surface area contributed by atoms with Crippen LogP contribution in [-0.4, -0.2) is 59.9 Å². The number of rotatable bonds is 4. The van der Waals surface area contributed by atoms with Crippen LogP contribution in [0.5, 0.6) is 0 Å². The van der Waals surface area contributed by atoms with E-state index < -0.39 is 6.04 Å². The van der Waals surface area contributed by atoms with Gasteiger partial charge in [0.25, 0.3) is 0 Å². The molecule has 1 aromatic rings. The molecule has 3 rings (SSSR count). The summed E-state index contributed by atoms with van der Waals surface area (Å²) in [5, 5.41) is 6.25. The van der Waals surface area contributed by atoms with Crippen LogP contribution in [0.25, 0.3) is 0 Å². The maximum atomic E-state index is 12.6. The van der Waals surface area contributed by atoms with E-state index in [0.29, 0.717) is 41.8 Å². The molecule has 0 aromatic heterocycles. The number of amides is 4. The van der Waals surface area contributed by atoms with Gasteiger partial charge in [0.1, 0.15) is 0 Å². The fourth-order valence-electron chi connectivity index (χ4n) is 3.13. The first-order chi connectivity index (χ1) is 11.9. The standard InChI is InChI=1S/C16H18Cl2N4O3/c17-10-6-11(18)8-12(7-10)20-15(24)13-2-1-4-21(13)9-14(23)22-5-3-19-16(22)25/h6-8,13H,1-5,9H2,(H,19,25)(H,20,24)/t13-/m1/s1. The Morgan fingerprint density at radius 1 is 1.20 bits per heavy atom. The second-order valence-electron chi connectivity index (χ2n) is 6.05. The van der Waals surface area contributed by atoms with Gasteiger partial charge in [0.15, 0.2) is 0 Å². The first kappa shape index (κ1) is 18.0. The average Bonchev–Trinajstić information content (AvgIpc) is 3.14. The van der Waals surface area contributed by atoms with E-state index in [4.69, 9.17) is 23.2 Å². The summed E-state index contributed by atoms with van der Waals surface area (Å²) in [6.45, 7) is 1.50. The lowest BCUT2D eigenvalue weighted by Gasteiger charge is -2.24. The zero-order chi connectivity index (χ0) is 18.0. The van der Waals surface area contributed by atoms with Crippen molar-refractivity contribution in [3.05, 3.63) is 28.2 Å². The lowest BCUT2D eigenvalue weighted by molar-refractivity contribution is -0.130. The van der Waals surface area contributed by atoms with Crippen LogP contribution in [0, 0.1) is 0 Å². The van der Waals surface area contributed by atoms with Gasteiger partial charge in [0.05, 0.1) is 12.6 Å². The van der Waals surface area contributed by atoms with Crippen molar-refractivity contribution in [1.29, 1.82) is 0 Å². The highest BCUT2D eigenvalue weighted by Gasteiger charge is 2.35. The molecule has 4 amide bonds. The second kappa shape index (κ2) is 7.59. The maximum Gasteiger partial charge on any atom is 0.324 e. The number of anilines is 1. The number of hydrogen-bond acceptors (Lipinski definition) is 4. The van der Waals surface area contributed by atoms with Crippen molar-refractivity contribution in [3.63, 3.8) is 0 Å². The minimum absolute atomic E-state index is 0.0435. The molecule has 1 atom stereocenters. The fourth-order valence-corrected chi connectivity index (χ4v) is 3.66. The number of halogens is 2. The smallest absolute Gasteiger partial charge is 0.324 e. The van der Waals surface area contributed by atoms with Gasteiger partial charge in [-0.2, -0.15) is 0 Å². The van der Waals surface area contributed by atoms with Gasteiger partial charge in [-0.3, -0.25) is 19.4 Å². The number of hydrogen-bond donors (Lipinski definition) is 2. The highest BCUT2D eigenvalue weighted by Crippen LogP contribution is 2.24. The number of nitrogens with zero attached hydrogens (tertiary/aromatic N) is 2. The van der Waals surface area contributed by atoms with Crippen LogP contribution < -0.4 is 10.6 Å². The third-order valence-electron chi connectivity index (χ3n) is 4.29. The second-order valence-corrected chi connectivity index (χ2v) is 6.93. The van der Waals surface area contributed by atoms with Crippen LogP contribution in [0.1, 0.15) is 12.8 Å². The van der Waals surface area contributed by atoms with Gasteiger partial charge in [0.2, 0.25) is 11.8 Å². The Bertz CT molecular complexity index is 692. The number of carbonyl (C=O) groups is 3. The van der Waals surface area contributed by atoms with E-state index in [9.17, 15) is 14.4 Å². The SMILES string of the molecule is O=C(Nc1cc(Cl)cc(Cl)c1)[C@H]1CCCN1CC(=O)N1CCNC1=O. The molecule has 0 radical (unpaired) electrons. The molecule has 2 N–H and O–H groups in total. The first-order valence-corrected chi connectivity index (χ1v) is 8.79. The van der Waals surface area contributed by atoms with E-state index in [-0.39, 0.29) is 24.4 Å². The molecule has 2 fully saturated rings. The lowest BCUT2D eigenvalue weighted by Crippen LogP contribution is -2.46. The average molecular weight is 385 g/mol. The van der Waals surface area contributed by atoms with Crippen molar-refractivity contribution < 1.29 is 14.4 Å². The Morgan fingerprint density at radius 2 is 1.92 bits per heavy atom. The molecule has 7 nitrogen and oxygen atoms in total. The number of nitrogens with one attached hydrogen (secondary N) is 2. The van der Waals surface area contributed by atoms with E-state index in [1.807, 2.05) is 0 Å². The van der Waals surface area contributed by atoms with Crippen molar-refractivity contribution >= 4 is 46.7 Å². The monoisotopic (exact) mass is 384 g/mol. The summed E-state index contributed by atoms with van der Waals surface area (Å²) in [7, 11) is 0. The summed E-state index contributed by atoms with van der Waals surface area (Å²) >= 11 is 11.9. The number of imide groups is 1. The van der Waals surface area contributed by atoms with E-state index >= 15 is 0 Å². The van der Waals surface area contributed by atoms with Crippen LogP contribution in [0.2, 0.25) is 10.0 Å². The van der Waals surface area contributed by atoms with Gasteiger partial charge in [-0.1, -0.05) is 23.2 Å². The molecule has 2 aliphatic rings. The fraction of sp³-hybridized carbons (Fsp3) is 0.438. The van der Waals surface area contributed by atoms with E-state index in [0.717, 1.165) is 6.42 Å². The summed E-state index contributed by atoms with van der Waals surface area (Å²) in [6.07, 6.45) is 1.47. The molecule has 134 valence electrons. The van der Waals surface area contributed by atoms with Gasteiger partial charge < -0.3 is 10.6 Å². The summed E-state index contributed by atoms with van der Waals surface area (Å²) in [4.78, 5) is 39.4. The molecule has 2 saturated heterocycles. The molecular formula is C16H18Cl2N4O3. The Balaban J connectivity index is 1.63. The minimum Gasteiger partial charge on any atom is -0.336 e. The highest BCUT2D eigenvalue weighted by molar-refractivity contribution is 6.35. The molecule has 9 heteroatoms. The van der Waals surface area contributed by atoms with Crippen LogP contribution >= 0.6 is 23.2 Å². The van der Waals surface area contributed by atoms with E-state index in [1.165, 1.54) is 4.90 Å².